The topological polar surface area (TPSA) is 40.8 Å². The van der Waals surface area contributed by atoms with Gasteiger partial charge in [0.2, 0.25) is 0 Å². The first-order valence-electron chi connectivity index (χ1n) is 8.11. The number of H-pyrrole nitrogens is 2. The predicted octanol–water partition coefficient (Wildman–Crippen LogP) is 6.01. The van der Waals surface area contributed by atoms with Crippen molar-refractivity contribution in [3.05, 3.63) is 64.9 Å². The van der Waals surface area contributed by atoms with E-state index in [1.165, 1.54) is 11.1 Å². The van der Waals surface area contributed by atoms with Gasteiger partial charge in [-0.3, -0.25) is 0 Å². The molecule has 0 amide bonds. The highest BCUT2D eigenvalue weighted by atomic mass is 35.5. The first-order valence-corrected chi connectivity index (χ1v) is 8.49. The van der Waals surface area contributed by atoms with Crippen LogP contribution in [0.4, 0.5) is 0 Å². The summed E-state index contributed by atoms with van der Waals surface area (Å²) in [5.41, 5.74) is 4.48. The zero-order valence-electron chi connectivity index (χ0n) is 13.7. The van der Waals surface area contributed by atoms with Gasteiger partial charge in [-0.05, 0) is 41.1 Å². The highest BCUT2D eigenvalue weighted by molar-refractivity contribution is 6.32. The fourth-order valence-corrected chi connectivity index (χ4v) is 3.15. The van der Waals surface area contributed by atoms with Crippen molar-refractivity contribution in [3.63, 3.8) is 0 Å². The summed E-state index contributed by atoms with van der Waals surface area (Å²) in [4.78, 5) is 6.66. The molecule has 0 aliphatic carbocycles. The van der Waals surface area contributed by atoms with Gasteiger partial charge in [0.15, 0.2) is 0 Å². The van der Waals surface area contributed by atoms with Gasteiger partial charge in [0, 0.05) is 34.4 Å². The first kappa shape index (κ1) is 15.2. The molecule has 0 saturated heterocycles. The Labute approximate surface area is 145 Å². The molecule has 0 atom stereocenters. The molecule has 0 aliphatic rings. The lowest BCUT2D eigenvalue weighted by Gasteiger charge is -2.09. The number of hydrogen-bond acceptors (Lipinski definition) is 1. The molecule has 122 valence electrons. The molecule has 0 saturated carbocycles. The standard InChI is InChI=1S/C20H19ClN2O/c1-12(2)17-9-15-8-16(21)20(10-19(15)23-17)24-11-13-3-4-14-5-6-22-18(14)7-13/h3-10,12,22-23H,11H2,1-2H3. The maximum absolute atomic E-state index is 6.39. The van der Waals surface area contributed by atoms with Crippen molar-refractivity contribution in [1.82, 2.24) is 9.97 Å². The van der Waals surface area contributed by atoms with Gasteiger partial charge in [-0.2, -0.15) is 0 Å². The lowest BCUT2D eigenvalue weighted by molar-refractivity contribution is 0.307. The summed E-state index contributed by atoms with van der Waals surface area (Å²) in [6, 6.07) is 14.4. The summed E-state index contributed by atoms with van der Waals surface area (Å²) in [6.45, 7) is 4.82. The van der Waals surface area contributed by atoms with Crippen molar-refractivity contribution in [2.24, 2.45) is 0 Å². The fraction of sp³-hybridized carbons (Fsp3) is 0.200. The summed E-state index contributed by atoms with van der Waals surface area (Å²) in [7, 11) is 0. The highest BCUT2D eigenvalue weighted by Crippen LogP contribution is 2.32. The molecule has 4 heteroatoms. The van der Waals surface area contributed by atoms with E-state index in [2.05, 4.69) is 54.1 Å². The van der Waals surface area contributed by atoms with E-state index in [0.29, 0.717) is 23.3 Å². The van der Waals surface area contributed by atoms with Gasteiger partial charge in [-0.1, -0.05) is 37.6 Å². The largest absolute Gasteiger partial charge is 0.487 e. The van der Waals surface area contributed by atoms with Gasteiger partial charge in [-0.25, -0.2) is 0 Å². The SMILES string of the molecule is CC(C)c1cc2cc(Cl)c(OCc3ccc4cc[nH]c4c3)cc2[nH]1. The zero-order valence-corrected chi connectivity index (χ0v) is 14.4. The third-order valence-corrected chi connectivity index (χ3v) is 4.63. The molecule has 0 radical (unpaired) electrons. The molecule has 0 bridgehead atoms. The minimum atomic E-state index is 0.452. The van der Waals surface area contributed by atoms with Crippen LogP contribution in [0.3, 0.4) is 0 Å². The zero-order chi connectivity index (χ0) is 16.7. The molecule has 4 aromatic rings. The normalized spacial score (nSPS) is 11.7. The van der Waals surface area contributed by atoms with Gasteiger partial charge in [0.25, 0.3) is 0 Å². The Morgan fingerprint density at radius 1 is 1.00 bits per heavy atom. The summed E-state index contributed by atoms with van der Waals surface area (Å²) in [5, 5.41) is 2.95. The Bertz CT molecular complexity index is 1010. The molecule has 3 nitrogen and oxygen atoms in total. The lowest BCUT2D eigenvalue weighted by Crippen LogP contribution is -1.96. The van der Waals surface area contributed by atoms with Crippen LogP contribution in [0.1, 0.15) is 31.0 Å². The maximum Gasteiger partial charge on any atom is 0.140 e. The molecular formula is C20H19ClN2O. The number of aromatic amines is 2. The Morgan fingerprint density at radius 3 is 2.71 bits per heavy atom. The first-order chi connectivity index (χ1) is 11.6. The Hall–Kier alpha value is -2.39. The molecule has 2 aromatic carbocycles. The van der Waals surface area contributed by atoms with Gasteiger partial charge >= 0.3 is 0 Å². The van der Waals surface area contributed by atoms with Crippen LogP contribution in [-0.2, 0) is 6.61 Å². The number of nitrogens with one attached hydrogen (secondary N) is 2. The Morgan fingerprint density at radius 2 is 1.88 bits per heavy atom. The van der Waals surface area contributed by atoms with E-state index in [0.717, 1.165) is 22.0 Å². The minimum absolute atomic E-state index is 0.452. The van der Waals surface area contributed by atoms with E-state index in [-0.39, 0.29) is 0 Å². The molecule has 4 rings (SSSR count). The third kappa shape index (κ3) is 2.76. The van der Waals surface area contributed by atoms with E-state index in [4.69, 9.17) is 16.3 Å². The molecule has 0 fully saturated rings. The summed E-state index contributed by atoms with van der Waals surface area (Å²) in [5.74, 6) is 1.15. The van der Waals surface area contributed by atoms with Gasteiger partial charge in [0.1, 0.15) is 12.4 Å². The molecular weight excluding hydrogens is 320 g/mol. The smallest absolute Gasteiger partial charge is 0.140 e. The minimum Gasteiger partial charge on any atom is -0.487 e. The monoisotopic (exact) mass is 338 g/mol. The van der Waals surface area contributed by atoms with Crippen LogP contribution in [0.15, 0.2) is 48.7 Å². The van der Waals surface area contributed by atoms with Crippen LogP contribution < -0.4 is 4.74 Å². The van der Waals surface area contributed by atoms with Crippen molar-refractivity contribution in [1.29, 1.82) is 0 Å². The second-order valence-corrected chi connectivity index (χ2v) is 6.84. The summed E-state index contributed by atoms with van der Waals surface area (Å²) < 4.78 is 5.96. The molecule has 2 N–H and O–H groups in total. The van der Waals surface area contributed by atoms with Gasteiger partial charge in [0.05, 0.1) is 5.02 Å². The highest BCUT2D eigenvalue weighted by Gasteiger charge is 2.10. The molecule has 2 aromatic heterocycles. The number of rotatable bonds is 4. The number of aromatic nitrogens is 2. The van der Waals surface area contributed by atoms with E-state index >= 15 is 0 Å². The Kier molecular flexibility index (Phi) is 3.73. The van der Waals surface area contributed by atoms with Crippen LogP contribution in [0.2, 0.25) is 5.02 Å². The maximum atomic E-state index is 6.39. The number of hydrogen-bond donors (Lipinski definition) is 2. The van der Waals surface area contributed by atoms with E-state index < -0.39 is 0 Å². The predicted molar refractivity (Wildman–Crippen MR) is 100 cm³/mol. The average Bonchev–Trinajstić information content (AvgIpc) is 3.18. The number of benzene rings is 2. The van der Waals surface area contributed by atoms with Gasteiger partial charge < -0.3 is 14.7 Å². The quantitative estimate of drug-likeness (QED) is 0.470. The lowest BCUT2D eigenvalue weighted by atomic mass is 10.1. The van der Waals surface area contributed by atoms with E-state index in [9.17, 15) is 0 Å². The van der Waals surface area contributed by atoms with E-state index in [1.807, 2.05) is 18.3 Å². The number of fused-ring (bicyclic) bond motifs is 2. The average molecular weight is 339 g/mol. The second kappa shape index (κ2) is 5.91. The summed E-state index contributed by atoms with van der Waals surface area (Å²) >= 11 is 6.39. The molecule has 0 aliphatic heterocycles. The number of ether oxygens (including phenoxy) is 1. The number of halogens is 1. The fourth-order valence-electron chi connectivity index (χ4n) is 2.92. The van der Waals surface area contributed by atoms with Crippen molar-refractivity contribution < 1.29 is 4.74 Å². The molecule has 0 unspecified atom stereocenters. The molecule has 2 heterocycles. The van der Waals surface area contributed by atoms with Gasteiger partial charge in [-0.15, -0.1) is 0 Å². The van der Waals surface area contributed by atoms with E-state index in [1.54, 1.807) is 0 Å². The van der Waals surface area contributed by atoms with Crippen LogP contribution in [0, 0.1) is 0 Å². The van der Waals surface area contributed by atoms with Crippen molar-refractivity contribution in [2.45, 2.75) is 26.4 Å². The van der Waals surface area contributed by atoms with Crippen molar-refractivity contribution >= 4 is 33.4 Å². The van der Waals surface area contributed by atoms with Crippen LogP contribution in [0.25, 0.3) is 21.8 Å². The Balaban J connectivity index is 1.59. The summed E-state index contributed by atoms with van der Waals surface area (Å²) in [6.07, 6.45) is 1.94. The molecule has 24 heavy (non-hydrogen) atoms. The van der Waals surface area contributed by atoms with Crippen molar-refractivity contribution in [2.75, 3.05) is 0 Å². The van der Waals surface area contributed by atoms with Crippen LogP contribution >= 0.6 is 11.6 Å². The van der Waals surface area contributed by atoms with Crippen molar-refractivity contribution in [3.8, 4) is 5.75 Å². The third-order valence-electron chi connectivity index (χ3n) is 4.33. The van der Waals surface area contributed by atoms with Crippen LogP contribution in [0.5, 0.6) is 5.75 Å². The second-order valence-electron chi connectivity index (χ2n) is 6.44. The van der Waals surface area contributed by atoms with Crippen LogP contribution in [-0.4, -0.2) is 9.97 Å². The molecule has 0 spiro atoms.